The Morgan fingerprint density at radius 1 is 0.430 bits per heavy atom. The van der Waals surface area contributed by atoms with E-state index in [2.05, 4.69) is 0 Å². The van der Waals surface area contributed by atoms with Crippen molar-refractivity contribution in [2.75, 3.05) is 26.4 Å². The van der Waals surface area contributed by atoms with Crippen molar-refractivity contribution in [1.82, 2.24) is 4.90 Å². The molecule has 4 fully saturated rings. The Morgan fingerprint density at radius 2 is 0.849 bits per heavy atom. The standard InChI is InChI=1S/C66H77NO19/c1-42-58(84-64-56(72)54(70)53(69)51(33-68)82-64)55(71)57(73)63(81-42)86-60-52(41-76-35-44-22-10-3-11-23-44)83-65(62(79-38-47-28-16-6-17-29-47)61(60)78-37-46-26-14-5-15-27-46)85-59-49(40-75-34-43-20-8-2-9-21-43)67(66(74)80-39-48-30-18-7-19-31-48)32-50(59)77-36-45-24-12-4-13-25-45/h2-31,42,49-65,68-73H,32-41H2,1H3/t42-,49-,50-,51-,52-,53-,54+,55-,56-,57-,58-,59-,60-,61+,62-,63+,64+,65-/m1/s1. The van der Waals surface area contributed by atoms with Crippen LogP contribution in [0.25, 0.3) is 0 Å². The maximum Gasteiger partial charge on any atom is 0.410 e. The highest BCUT2D eigenvalue weighted by molar-refractivity contribution is 5.69. The second-order valence-electron chi connectivity index (χ2n) is 21.9. The quantitative estimate of drug-likeness (QED) is 0.0401. The molecule has 6 aromatic carbocycles. The number of aliphatic hydroxyl groups excluding tert-OH is 6. The first-order chi connectivity index (χ1) is 42.0. The van der Waals surface area contributed by atoms with E-state index in [1.165, 1.54) is 0 Å². The predicted molar refractivity (Wildman–Crippen MR) is 308 cm³/mol. The van der Waals surface area contributed by atoms with E-state index in [0.29, 0.717) is 0 Å². The van der Waals surface area contributed by atoms with E-state index in [-0.39, 0.29) is 59.4 Å². The number of hydrogen-bond acceptors (Lipinski definition) is 19. The van der Waals surface area contributed by atoms with Gasteiger partial charge in [-0.3, -0.25) is 4.90 Å². The molecular formula is C66H77NO19. The molecule has 86 heavy (non-hydrogen) atoms. The second kappa shape index (κ2) is 31.2. The van der Waals surface area contributed by atoms with Crippen LogP contribution in [-0.2, 0) is 96.5 Å². The first-order valence-corrected chi connectivity index (χ1v) is 29.1. The van der Waals surface area contributed by atoms with Crippen LogP contribution >= 0.6 is 0 Å². The zero-order chi connectivity index (χ0) is 59.8. The lowest BCUT2D eigenvalue weighted by atomic mass is 9.95. The lowest BCUT2D eigenvalue weighted by Crippen LogP contribution is -2.66. The molecule has 0 aliphatic carbocycles. The van der Waals surface area contributed by atoms with Crippen LogP contribution in [0.15, 0.2) is 182 Å². The van der Waals surface area contributed by atoms with E-state index in [0.717, 1.165) is 33.4 Å². The van der Waals surface area contributed by atoms with Gasteiger partial charge in [0.15, 0.2) is 18.9 Å². The Bertz CT molecular complexity index is 2910. The molecule has 4 saturated heterocycles. The maximum absolute atomic E-state index is 14.6. The number of rotatable bonds is 26. The first kappa shape index (κ1) is 62.9. The minimum Gasteiger partial charge on any atom is -0.445 e. The number of hydrogen-bond donors (Lipinski definition) is 6. The number of benzene rings is 6. The molecule has 6 N–H and O–H groups in total. The molecule has 18 atom stereocenters. The van der Waals surface area contributed by atoms with E-state index in [4.69, 9.17) is 56.8 Å². The molecule has 0 aromatic heterocycles. The number of ether oxygens (including phenoxy) is 12. The summed E-state index contributed by atoms with van der Waals surface area (Å²) in [5, 5.41) is 65.7. The van der Waals surface area contributed by atoms with Gasteiger partial charge >= 0.3 is 6.09 Å². The molecule has 4 aliphatic heterocycles. The Hall–Kier alpha value is -6.09. The molecular weight excluding hydrogens is 1110 g/mol. The third-order valence-corrected chi connectivity index (χ3v) is 15.7. The molecule has 0 radical (unpaired) electrons. The fraction of sp³-hybridized carbons (Fsp3) is 0.439. The molecule has 0 spiro atoms. The van der Waals surface area contributed by atoms with Crippen LogP contribution in [0.5, 0.6) is 0 Å². The first-order valence-electron chi connectivity index (χ1n) is 29.1. The van der Waals surface area contributed by atoms with Crippen LogP contribution in [0.1, 0.15) is 40.3 Å². The minimum atomic E-state index is -1.84. The van der Waals surface area contributed by atoms with Crippen molar-refractivity contribution in [3.63, 3.8) is 0 Å². The van der Waals surface area contributed by atoms with E-state index in [1.54, 1.807) is 11.8 Å². The van der Waals surface area contributed by atoms with Crippen LogP contribution in [-0.4, -0.2) is 178 Å². The highest BCUT2D eigenvalue weighted by Gasteiger charge is 2.56. The van der Waals surface area contributed by atoms with Gasteiger partial charge in [0, 0.05) is 0 Å². The molecule has 10 rings (SSSR count). The fourth-order valence-corrected chi connectivity index (χ4v) is 11.0. The van der Waals surface area contributed by atoms with Crippen molar-refractivity contribution in [2.24, 2.45) is 0 Å². The zero-order valence-corrected chi connectivity index (χ0v) is 47.7. The third kappa shape index (κ3) is 16.3. The van der Waals surface area contributed by atoms with Gasteiger partial charge in [0.05, 0.1) is 71.5 Å². The summed E-state index contributed by atoms with van der Waals surface area (Å²) in [6.07, 6.45) is -24.3. The van der Waals surface area contributed by atoms with Crippen LogP contribution in [0.4, 0.5) is 4.79 Å². The van der Waals surface area contributed by atoms with Crippen molar-refractivity contribution >= 4 is 6.09 Å². The number of amides is 1. The SMILES string of the molecule is C[C@H]1O[C@@H](O[C@H]2[C@H](OCc3ccccc3)[C@@H](OCc3ccccc3)[C@@H](O[C@@H]3[C@@H](COCc4ccccc4)N(C(=O)OCc4ccccc4)C[C@H]3OCc3ccccc3)O[C@@H]2COCc2ccccc2)[C@H](O)[C@@H](O)[C@@H]1O[C@@H]1O[C@H](CO)[C@@H](O)[C@H](O)[C@H]1O. The van der Waals surface area contributed by atoms with E-state index in [1.807, 2.05) is 182 Å². The van der Waals surface area contributed by atoms with E-state index < -0.39 is 123 Å². The van der Waals surface area contributed by atoms with E-state index in [9.17, 15) is 35.4 Å². The van der Waals surface area contributed by atoms with Crippen LogP contribution in [0.3, 0.4) is 0 Å². The van der Waals surface area contributed by atoms with Gasteiger partial charge in [-0.2, -0.15) is 0 Å². The summed E-state index contributed by atoms with van der Waals surface area (Å²) >= 11 is 0. The van der Waals surface area contributed by atoms with Gasteiger partial charge in [-0.05, 0) is 40.3 Å². The molecule has 0 bridgehead atoms. The number of carbonyl (C=O) groups excluding carboxylic acids is 1. The van der Waals surface area contributed by atoms with Crippen LogP contribution in [0, 0.1) is 0 Å². The molecule has 0 unspecified atom stereocenters. The topological polar surface area (TPSA) is 252 Å². The van der Waals surface area contributed by atoms with Crippen molar-refractivity contribution in [1.29, 1.82) is 0 Å². The lowest BCUT2D eigenvalue weighted by molar-refractivity contribution is -0.384. The van der Waals surface area contributed by atoms with Gasteiger partial charge in [0.25, 0.3) is 0 Å². The summed E-state index contributed by atoms with van der Waals surface area (Å²) in [5.41, 5.74) is 5.06. The summed E-state index contributed by atoms with van der Waals surface area (Å²) in [6, 6.07) is 56.4. The smallest absolute Gasteiger partial charge is 0.410 e. The van der Waals surface area contributed by atoms with Gasteiger partial charge in [-0.15, -0.1) is 0 Å². The van der Waals surface area contributed by atoms with Crippen molar-refractivity contribution in [3.05, 3.63) is 215 Å². The summed E-state index contributed by atoms with van der Waals surface area (Å²) < 4.78 is 79.3. The van der Waals surface area contributed by atoms with Gasteiger partial charge in [-0.25, -0.2) is 4.79 Å². The predicted octanol–water partition coefficient (Wildman–Crippen LogP) is 5.34. The molecule has 20 heteroatoms. The largest absolute Gasteiger partial charge is 0.445 e. The Morgan fingerprint density at radius 3 is 1.37 bits per heavy atom. The Labute approximate surface area is 500 Å². The number of carbonyl (C=O) groups is 1. The molecule has 4 heterocycles. The zero-order valence-electron chi connectivity index (χ0n) is 47.7. The molecule has 460 valence electrons. The number of nitrogens with zero attached hydrogens (tertiary/aromatic N) is 1. The van der Waals surface area contributed by atoms with Gasteiger partial charge in [0.1, 0.15) is 86.0 Å². The van der Waals surface area contributed by atoms with Gasteiger partial charge in [-0.1, -0.05) is 182 Å². The second-order valence-corrected chi connectivity index (χ2v) is 21.9. The number of aliphatic hydroxyl groups is 6. The minimum absolute atomic E-state index is 0.00356. The van der Waals surface area contributed by atoms with Crippen LogP contribution in [0.2, 0.25) is 0 Å². The summed E-state index contributed by atoms with van der Waals surface area (Å²) in [6.45, 7) is 1.27. The average molecular weight is 1190 g/mol. The van der Waals surface area contributed by atoms with Gasteiger partial charge < -0.3 is 87.5 Å². The molecule has 0 saturated carbocycles. The van der Waals surface area contributed by atoms with Crippen LogP contribution < -0.4 is 0 Å². The van der Waals surface area contributed by atoms with Crippen molar-refractivity contribution < 1.29 is 92.3 Å². The van der Waals surface area contributed by atoms with E-state index >= 15 is 0 Å². The molecule has 6 aromatic rings. The lowest BCUT2D eigenvalue weighted by Gasteiger charge is -2.49. The summed E-state index contributed by atoms with van der Waals surface area (Å²) in [4.78, 5) is 16.2. The summed E-state index contributed by atoms with van der Waals surface area (Å²) in [7, 11) is 0. The van der Waals surface area contributed by atoms with Crippen molar-refractivity contribution in [2.45, 2.75) is 157 Å². The monoisotopic (exact) mass is 1190 g/mol. The molecule has 20 nitrogen and oxygen atoms in total. The summed E-state index contributed by atoms with van der Waals surface area (Å²) in [5.74, 6) is 0. The highest BCUT2D eigenvalue weighted by atomic mass is 16.8. The Kier molecular flexibility index (Phi) is 22.8. The normalized spacial score (nSPS) is 31.1. The number of likely N-dealkylation sites (tertiary alicyclic amines) is 1. The molecule has 1 amide bonds. The fourth-order valence-electron chi connectivity index (χ4n) is 11.0. The highest BCUT2D eigenvalue weighted by Crippen LogP contribution is 2.38. The maximum atomic E-state index is 14.6. The molecule has 4 aliphatic rings. The van der Waals surface area contributed by atoms with Gasteiger partial charge in [0.2, 0.25) is 0 Å². The Balaban J connectivity index is 1.01. The van der Waals surface area contributed by atoms with Crippen molar-refractivity contribution in [3.8, 4) is 0 Å². The third-order valence-electron chi connectivity index (χ3n) is 15.7. The average Bonchev–Trinajstić information content (AvgIpc) is 2.02.